The molecule has 1 amide bonds. The van der Waals surface area contributed by atoms with Gasteiger partial charge < -0.3 is 5.32 Å². The summed E-state index contributed by atoms with van der Waals surface area (Å²) in [6.45, 7) is 3.83. The molecule has 6 rings (SSSR count). The van der Waals surface area contributed by atoms with Crippen molar-refractivity contribution in [3.63, 3.8) is 0 Å². The number of hydrogen-bond donors (Lipinski definition) is 1. The van der Waals surface area contributed by atoms with E-state index >= 15 is 0 Å². The van der Waals surface area contributed by atoms with Crippen LogP contribution in [-0.2, 0) is 10.2 Å². The predicted octanol–water partition coefficient (Wildman–Crippen LogP) is 5.69. The lowest BCUT2D eigenvalue weighted by Gasteiger charge is -2.61. The Balaban J connectivity index is 1.45. The zero-order chi connectivity index (χ0) is 21.1. The van der Waals surface area contributed by atoms with Gasteiger partial charge in [-0.3, -0.25) is 14.9 Å². The summed E-state index contributed by atoms with van der Waals surface area (Å²) in [4.78, 5) is 24.5. The number of carbonyl (C=O) groups excluding carboxylic acids is 1. The van der Waals surface area contributed by atoms with Crippen LogP contribution in [0.1, 0.15) is 55.2 Å². The highest BCUT2D eigenvalue weighted by atomic mass is 16.6. The van der Waals surface area contributed by atoms with Crippen LogP contribution in [0.2, 0.25) is 0 Å². The summed E-state index contributed by atoms with van der Waals surface area (Å²) in [5.41, 5.74) is 3.54. The molecular formula is C25H28N2O3. The van der Waals surface area contributed by atoms with Gasteiger partial charge in [-0.05, 0) is 81.3 Å². The van der Waals surface area contributed by atoms with Crippen LogP contribution in [0.3, 0.4) is 0 Å². The smallest absolute Gasteiger partial charge is 0.274 e. The number of nitrogens with zero attached hydrogens (tertiary/aromatic N) is 1. The number of amides is 1. The van der Waals surface area contributed by atoms with Crippen molar-refractivity contribution in [3.05, 3.63) is 69.3 Å². The van der Waals surface area contributed by atoms with Crippen molar-refractivity contribution < 1.29 is 9.72 Å². The molecule has 0 aliphatic heterocycles. The molecular weight excluding hydrogens is 376 g/mol. The minimum Gasteiger partial charge on any atom is -0.325 e. The van der Waals surface area contributed by atoms with Gasteiger partial charge in [0.2, 0.25) is 5.91 Å². The molecule has 1 N–H and O–H groups in total. The van der Waals surface area contributed by atoms with Crippen LogP contribution in [-0.4, -0.2) is 10.8 Å². The van der Waals surface area contributed by atoms with Gasteiger partial charge in [0.15, 0.2) is 0 Å². The Morgan fingerprint density at radius 3 is 2.33 bits per heavy atom. The molecule has 0 spiro atoms. The molecule has 2 aromatic carbocycles. The maximum absolute atomic E-state index is 13.6. The van der Waals surface area contributed by atoms with Gasteiger partial charge in [-0.1, -0.05) is 35.9 Å². The Morgan fingerprint density at radius 1 is 1.03 bits per heavy atom. The van der Waals surface area contributed by atoms with Gasteiger partial charge in [0, 0.05) is 17.3 Å². The Bertz CT molecular complexity index is 1010. The summed E-state index contributed by atoms with van der Waals surface area (Å²) < 4.78 is 0. The van der Waals surface area contributed by atoms with Crippen LogP contribution >= 0.6 is 0 Å². The van der Waals surface area contributed by atoms with Gasteiger partial charge in [-0.25, -0.2) is 0 Å². The molecule has 0 aromatic heterocycles. The molecule has 4 saturated carbocycles. The fourth-order valence-electron chi connectivity index (χ4n) is 6.92. The zero-order valence-corrected chi connectivity index (χ0v) is 17.6. The minimum atomic E-state index is -0.387. The van der Waals surface area contributed by atoms with Crippen LogP contribution in [0.4, 0.5) is 11.4 Å². The SMILES string of the molecule is Cc1ccc(C23C[C@H]4C[C@@H](CC(C(=O)Nc5ccc(C)c([N+](=O)[O-])c5)(C4)C2)C3)cc1. The molecule has 2 aromatic rings. The maximum atomic E-state index is 13.6. The molecule has 30 heavy (non-hydrogen) atoms. The number of nitrogens with one attached hydrogen (secondary N) is 1. The predicted molar refractivity (Wildman–Crippen MR) is 116 cm³/mol. The van der Waals surface area contributed by atoms with Crippen LogP contribution < -0.4 is 5.32 Å². The maximum Gasteiger partial charge on any atom is 0.274 e. The van der Waals surface area contributed by atoms with Crippen molar-refractivity contribution in [3.8, 4) is 0 Å². The second-order valence-corrected chi connectivity index (χ2v) is 10.1. The van der Waals surface area contributed by atoms with Crippen LogP contribution in [0.15, 0.2) is 42.5 Å². The first kappa shape index (κ1) is 19.3. The monoisotopic (exact) mass is 404 g/mol. The van der Waals surface area contributed by atoms with E-state index in [2.05, 4.69) is 36.5 Å². The fourth-order valence-corrected chi connectivity index (χ4v) is 6.92. The number of nitro groups is 1. The second-order valence-electron chi connectivity index (χ2n) is 10.1. The zero-order valence-electron chi connectivity index (χ0n) is 17.6. The highest BCUT2D eigenvalue weighted by molar-refractivity contribution is 5.96. The lowest BCUT2D eigenvalue weighted by Crippen LogP contribution is -2.57. The first-order valence-electron chi connectivity index (χ1n) is 10.9. The van der Waals surface area contributed by atoms with Crippen molar-refractivity contribution >= 4 is 17.3 Å². The summed E-state index contributed by atoms with van der Waals surface area (Å²) in [6, 6.07) is 13.9. The molecule has 2 atom stereocenters. The second kappa shape index (κ2) is 6.66. The normalized spacial score (nSPS) is 31.5. The molecule has 5 nitrogen and oxygen atoms in total. The minimum absolute atomic E-state index is 0.0474. The average Bonchev–Trinajstić information content (AvgIpc) is 2.68. The summed E-state index contributed by atoms with van der Waals surface area (Å²) in [7, 11) is 0. The third-order valence-electron chi connectivity index (χ3n) is 7.87. The van der Waals surface area contributed by atoms with Crippen molar-refractivity contribution in [2.75, 3.05) is 5.32 Å². The van der Waals surface area contributed by atoms with Crippen molar-refractivity contribution in [1.82, 2.24) is 0 Å². The number of rotatable bonds is 4. The average molecular weight is 405 g/mol. The lowest BCUT2D eigenvalue weighted by molar-refractivity contribution is -0.385. The molecule has 156 valence electrons. The van der Waals surface area contributed by atoms with E-state index in [0.717, 1.165) is 19.3 Å². The van der Waals surface area contributed by atoms with E-state index in [1.165, 1.54) is 36.5 Å². The summed E-state index contributed by atoms with van der Waals surface area (Å²) in [6.07, 6.45) is 6.36. The molecule has 4 aliphatic carbocycles. The third-order valence-corrected chi connectivity index (χ3v) is 7.87. The summed E-state index contributed by atoms with van der Waals surface area (Å²) in [5.74, 6) is 1.22. The van der Waals surface area contributed by atoms with Crippen molar-refractivity contribution in [2.45, 2.75) is 57.8 Å². The van der Waals surface area contributed by atoms with Crippen LogP contribution in [0.25, 0.3) is 0 Å². The van der Waals surface area contributed by atoms with Gasteiger partial charge in [0.05, 0.1) is 10.3 Å². The molecule has 0 heterocycles. The standard InChI is InChI=1S/C25H28N2O3/c1-16-3-6-20(7-4-16)24-11-18-9-19(12-24)14-25(13-18,15-24)23(28)26-21-8-5-17(2)22(10-21)27(29)30/h3-8,10,18-19H,9,11-15H2,1-2H3,(H,26,28)/t18-,19-,24?,25?/m1/s1. The fraction of sp³-hybridized carbons (Fsp3) is 0.480. The van der Waals surface area contributed by atoms with Gasteiger partial charge >= 0.3 is 0 Å². The number of anilines is 1. The highest BCUT2D eigenvalue weighted by Crippen LogP contribution is 2.66. The molecule has 4 aliphatic rings. The first-order chi connectivity index (χ1) is 14.3. The lowest BCUT2D eigenvalue weighted by atomic mass is 9.42. The molecule has 0 radical (unpaired) electrons. The number of nitro benzene ring substituents is 1. The van der Waals surface area contributed by atoms with E-state index in [-0.39, 0.29) is 27.3 Å². The Morgan fingerprint density at radius 2 is 1.70 bits per heavy atom. The van der Waals surface area contributed by atoms with Gasteiger partial charge in [-0.2, -0.15) is 0 Å². The van der Waals surface area contributed by atoms with E-state index in [1.54, 1.807) is 19.1 Å². The van der Waals surface area contributed by atoms with E-state index in [0.29, 0.717) is 23.1 Å². The van der Waals surface area contributed by atoms with Gasteiger partial charge in [0.1, 0.15) is 0 Å². The van der Waals surface area contributed by atoms with E-state index in [1.807, 2.05) is 0 Å². The topological polar surface area (TPSA) is 72.2 Å². The Kier molecular flexibility index (Phi) is 4.28. The largest absolute Gasteiger partial charge is 0.325 e. The quantitative estimate of drug-likeness (QED) is 0.526. The molecule has 5 heteroatoms. The highest BCUT2D eigenvalue weighted by Gasteiger charge is 2.60. The van der Waals surface area contributed by atoms with Crippen LogP contribution in [0.5, 0.6) is 0 Å². The van der Waals surface area contributed by atoms with Gasteiger partial charge in [0.25, 0.3) is 5.69 Å². The summed E-state index contributed by atoms with van der Waals surface area (Å²) >= 11 is 0. The molecule has 4 bridgehead atoms. The first-order valence-corrected chi connectivity index (χ1v) is 10.9. The number of benzene rings is 2. The van der Waals surface area contributed by atoms with E-state index in [4.69, 9.17) is 0 Å². The number of aryl methyl sites for hydroxylation is 2. The number of carbonyl (C=O) groups is 1. The van der Waals surface area contributed by atoms with Crippen molar-refractivity contribution in [1.29, 1.82) is 0 Å². The molecule has 0 unspecified atom stereocenters. The summed E-state index contributed by atoms with van der Waals surface area (Å²) in [5, 5.41) is 14.4. The van der Waals surface area contributed by atoms with Gasteiger partial charge in [-0.15, -0.1) is 0 Å². The van der Waals surface area contributed by atoms with Crippen molar-refractivity contribution in [2.24, 2.45) is 17.3 Å². The van der Waals surface area contributed by atoms with E-state index in [9.17, 15) is 14.9 Å². The third kappa shape index (κ3) is 3.03. The molecule has 0 saturated heterocycles. The number of hydrogen-bond acceptors (Lipinski definition) is 3. The van der Waals surface area contributed by atoms with Crippen LogP contribution in [0, 0.1) is 41.2 Å². The molecule has 4 fully saturated rings. The van der Waals surface area contributed by atoms with E-state index < -0.39 is 0 Å². The Hall–Kier alpha value is -2.69. The Labute approximate surface area is 177 Å².